The van der Waals surface area contributed by atoms with Crippen LogP contribution in [0.4, 0.5) is 0 Å². The molecule has 1 N–H and O–H groups in total. The second-order valence-corrected chi connectivity index (χ2v) is 4.34. The summed E-state index contributed by atoms with van der Waals surface area (Å²) in [6, 6.07) is 1.31. The predicted octanol–water partition coefficient (Wildman–Crippen LogP) is 2.89. The van der Waals surface area contributed by atoms with Crippen LogP contribution in [0.1, 0.15) is 53.9 Å². The van der Waals surface area contributed by atoms with Crippen molar-refractivity contribution in [2.24, 2.45) is 0 Å². The minimum Gasteiger partial charge on any atom is -0.312 e. The van der Waals surface area contributed by atoms with E-state index in [1.165, 1.54) is 32.4 Å². The van der Waals surface area contributed by atoms with Crippen molar-refractivity contribution in [3.05, 3.63) is 0 Å². The Kier molecular flexibility index (Phi) is 9.12. The van der Waals surface area contributed by atoms with E-state index >= 15 is 0 Å². The van der Waals surface area contributed by atoms with Gasteiger partial charge in [-0.3, -0.25) is 4.90 Å². The first-order valence-electron chi connectivity index (χ1n) is 6.68. The van der Waals surface area contributed by atoms with Crippen molar-refractivity contribution in [1.29, 1.82) is 0 Å². The molecule has 0 fully saturated rings. The number of nitrogens with one attached hydrogen (secondary N) is 1. The van der Waals surface area contributed by atoms with E-state index in [-0.39, 0.29) is 0 Å². The molecule has 2 nitrogen and oxygen atoms in total. The molecule has 0 aromatic heterocycles. The Morgan fingerprint density at radius 1 is 1.07 bits per heavy atom. The standard InChI is InChI=1S/C13H30N2/c1-6-10-14-13(8-3)12(5)15(9-4)11-7-2/h12-14H,6-11H2,1-5H3. The van der Waals surface area contributed by atoms with E-state index in [0.29, 0.717) is 12.1 Å². The summed E-state index contributed by atoms with van der Waals surface area (Å²) in [4.78, 5) is 2.58. The number of likely N-dealkylation sites (N-methyl/N-ethyl adjacent to an activating group) is 1. The molecule has 0 radical (unpaired) electrons. The Labute approximate surface area is 96.4 Å². The highest BCUT2D eigenvalue weighted by molar-refractivity contribution is 4.79. The third kappa shape index (κ3) is 5.53. The van der Waals surface area contributed by atoms with Gasteiger partial charge in [-0.1, -0.05) is 27.7 Å². The largest absolute Gasteiger partial charge is 0.312 e. The molecule has 0 aliphatic carbocycles. The molecular formula is C13H30N2. The molecule has 0 saturated carbocycles. The Morgan fingerprint density at radius 3 is 2.13 bits per heavy atom. The zero-order valence-corrected chi connectivity index (χ0v) is 11.3. The Balaban J connectivity index is 4.13. The van der Waals surface area contributed by atoms with Crippen LogP contribution in [0.3, 0.4) is 0 Å². The SMILES string of the molecule is CCCNC(CC)C(C)N(CC)CCC. The van der Waals surface area contributed by atoms with Gasteiger partial charge in [-0.15, -0.1) is 0 Å². The van der Waals surface area contributed by atoms with Crippen LogP contribution in [0.5, 0.6) is 0 Å². The van der Waals surface area contributed by atoms with E-state index in [1.54, 1.807) is 0 Å². The maximum Gasteiger partial charge on any atom is 0.0220 e. The molecule has 2 atom stereocenters. The minimum atomic E-state index is 0.649. The van der Waals surface area contributed by atoms with Crippen LogP contribution in [0.2, 0.25) is 0 Å². The van der Waals surface area contributed by atoms with E-state index in [2.05, 4.69) is 44.8 Å². The smallest absolute Gasteiger partial charge is 0.0220 e. The molecule has 0 aromatic rings. The van der Waals surface area contributed by atoms with Gasteiger partial charge in [0.15, 0.2) is 0 Å². The van der Waals surface area contributed by atoms with Crippen LogP contribution >= 0.6 is 0 Å². The van der Waals surface area contributed by atoms with Gasteiger partial charge < -0.3 is 5.32 Å². The summed E-state index contributed by atoms with van der Waals surface area (Å²) in [6.45, 7) is 14.9. The Bertz CT molecular complexity index is 136. The Morgan fingerprint density at radius 2 is 1.73 bits per heavy atom. The fourth-order valence-corrected chi connectivity index (χ4v) is 2.18. The van der Waals surface area contributed by atoms with Gasteiger partial charge in [-0.2, -0.15) is 0 Å². The Hall–Kier alpha value is -0.0800. The van der Waals surface area contributed by atoms with Crippen molar-refractivity contribution in [1.82, 2.24) is 10.2 Å². The van der Waals surface area contributed by atoms with Crippen LogP contribution in [-0.2, 0) is 0 Å². The van der Waals surface area contributed by atoms with E-state index < -0.39 is 0 Å². The molecule has 15 heavy (non-hydrogen) atoms. The minimum absolute atomic E-state index is 0.649. The molecule has 0 bridgehead atoms. The van der Waals surface area contributed by atoms with E-state index in [0.717, 1.165) is 6.54 Å². The van der Waals surface area contributed by atoms with E-state index in [9.17, 15) is 0 Å². The van der Waals surface area contributed by atoms with Crippen molar-refractivity contribution in [3.63, 3.8) is 0 Å². The molecule has 0 aliphatic rings. The first-order valence-corrected chi connectivity index (χ1v) is 6.68. The lowest BCUT2D eigenvalue weighted by atomic mass is 10.1. The monoisotopic (exact) mass is 214 g/mol. The molecule has 2 heteroatoms. The highest BCUT2D eigenvalue weighted by Gasteiger charge is 2.19. The molecule has 2 unspecified atom stereocenters. The van der Waals surface area contributed by atoms with Crippen molar-refractivity contribution in [2.75, 3.05) is 19.6 Å². The van der Waals surface area contributed by atoms with Crippen LogP contribution in [0.15, 0.2) is 0 Å². The maximum atomic E-state index is 3.65. The normalized spacial score (nSPS) is 15.6. The summed E-state index contributed by atoms with van der Waals surface area (Å²) in [6.07, 6.45) is 3.70. The highest BCUT2D eigenvalue weighted by atomic mass is 15.2. The molecule has 0 saturated heterocycles. The lowest BCUT2D eigenvalue weighted by molar-refractivity contribution is 0.174. The summed E-state index contributed by atoms with van der Waals surface area (Å²) in [7, 11) is 0. The predicted molar refractivity (Wildman–Crippen MR) is 69.4 cm³/mol. The van der Waals surface area contributed by atoms with Crippen LogP contribution in [0, 0.1) is 0 Å². The number of rotatable bonds is 9. The summed E-state index contributed by atoms with van der Waals surface area (Å²) in [5.74, 6) is 0. The van der Waals surface area contributed by atoms with Gasteiger partial charge in [0.25, 0.3) is 0 Å². The lowest BCUT2D eigenvalue weighted by Gasteiger charge is -2.34. The maximum absolute atomic E-state index is 3.65. The van der Waals surface area contributed by atoms with Gasteiger partial charge in [-0.05, 0) is 45.8 Å². The van der Waals surface area contributed by atoms with Gasteiger partial charge >= 0.3 is 0 Å². The fraction of sp³-hybridized carbons (Fsp3) is 1.00. The van der Waals surface area contributed by atoms with Gasteiger partial charge in [0.2, 0.25) is 0 Å². The fourth-order valence-electron chi connectivity index (χ4n) is 2.18. The molecule has 0 rings (SSSR count). The van der Waals surface area contributed by atoms with E-state index in [1.807, 2.05) is 0 Å². The zero-order valence-electron chi connectivity index (χ0n) is 11.3. The first-order chi connectivity index (χ1) is 7.21. The van der Waals surface area contributed by atoms with E-state index in [4.69, 9.17) is 0 Å². The zero-order chi connectivity index (χ0) is 11.7. The number of hydrogen-bond donors (Lipinski definition) is 1. The summed E-state index contributed by atoms with van der Waals surface area (Å²) in [5, 5.41) is 3.65. The van der Waals surface area contributed by atoms with Gasteiger partial charge in [0.05, 0.1) is 0 Å². The third-order valence-corrected chi connectivity index (χ3v) is 3.17. The van der Waals surface area contributed by atoms with Crippen LogP contribution in [0.25, 0.3) is 0 Å². The molecule has 0 spiro atoms. The molecule has 0 aliphatic heterocycles. The number of nitrogens with zero attached hydrogens (tertiary/aromatic N) is 1. The van der Waals surface area contributed by atoms with Crippen molar-refractivity contribution >= 4 is 0 Å². The van der Waals surface area contributed by atoms with Gasteiger partial charge in [-0.25, -0.2) is 0 Å². The average molecular weight is 214 g/mol. The number of hydrogen-bond acceptors (Lipinski definition) is 2. The van der Waals surface area contributed by atoms with Gasteiger partial charge in [0.1, 0.15) is 0 Å². The quantitative estimate of drug-likeness (QED) is 0.635. The van der Waals surface area contributed by atoms with Crippen LogP contribution < -0.4 is 5.32 Å². The van der Waals surface area contributed by atoms with Crippen molar-refractivity contribution in [3.8, 4) is 0 Å². The first kappa shape index (κ1) is 14.9. The van der Waals surface area contributed by atoms with Crippen molar-refractivity contribution < 1.29 is 0 Å². The van der Waals surface area contributed by atoms with Gasteiger partial charge in [0, 0.05) is 12.1 Å². The molecule has 92 valence electrons. The van der Waals surface area contributed by atoms with Crippen LogP contribution in [-0.4, -0.2) is 36.6 Å². The highest BCUT2D eigenvalue weighted by Crippen LogP contribution is 2.08. The summed E-state index contributed by atoms with van der Waals surface area (Å²) < 4.78 is 0. The second-order valence-electron chi connectivity index (χ2n) is 4.34. The topological polar surface area (TPSA) is 15.3 Å². The third-order valence-electron chi connectivity index (χ3n) is 3.17. The average Bonchev–Trinajstić information content (AvgIpc) is 2.26. The van der Waals surface area contributed by atoms with Crippen molar-refractivity contribution in [2.45, 2.75) is 66.0 Å². The summed E-state index contributed by atoms with van der Waals surface area (Å²) >= 11 is 0. The second kappa shape index (κ2) is 9.17. The summed E-state index contributed by atoms with van der Waals surface area (Å²) in [5.41, 5.74) is 0. The molecule has 0 heterocycles. The molecular weight excluding hydrogens is 184 g/mol. The molecule has 0 amide bonds. The molecule has 0 aromatic carbocycles. The lowest BCUT2D eigenvalue weighted by Crippen LogP contribution is -2.48.